The first kappa shape index (κ1) is 23.3. The molecule has 0 saturated carbocycles. The summed E-state index contributed by atoms with van der Waals surface area (Å²) >= 11 is 1.45. The Morgan fingerprint density at radius 2 is 1.35 bits per heavy atom. The van der Waals surface area contributed by atoms with Gasteiger partial charge in [-0.05, 0) is 67.4 Å². The molecule has 5 heteroatoms. The van der Waals surface area contributed by atoms with Crippen LogP contribution in [-0.2, 0) is 4.79 Å². The molecule has 170 valence electrons. The number of rotatable bonds is 7. The average Bonchev–Trinajstić information content (AvgIpc) is 2.83. The summed E-state index contributed by atoms with van der Waals surface area (Å²) in [4.78, 5) is 26.8. The average molecular weight is 467 g/mol. The van der Waals surface area contributed by atoms with E-state index in [0.29, 0.717) is 11.3 Å². The summed E-state index contributed by atoms with van der Waals surface area (Å²) in [6, 6.07) is 32.5. The maximum atomic E-state index is 13.3. The fraction of sp³-hybridized carbons (Fsp3) is 0.103. The van der Waals surface area contributed by atoms with Gasteiger partial charge in [0.1, 0.15) is 5.25 Å². The normalized spacial score (nSPS) is 11.5. The van der Waals surface area contributed by atoms with Gasteiger partial charge in [0.25, 0.3) is 5.91 Å². The lowest BCUT2D eigenvalue weighted by Gasteiger charge is -2.18. The quantitative estimate of drug-likeness (QED) is 0.288. The second-order valence-corrected chi connectivity index (χ2v) is 9.29. The van der Waals surface area contributed by atoms with Gasteiger partial charge in [-0.2, -0.15) is 0 Å². The minimum Gasteiger partial charge on any atom is -0.325 e. The molecule has 0 bridgehead atoms. The van der Waals surface area contributed by atoms with Gasteiger partial charge in [0.15, 0.2) is 0 Å². The van der Waals surface area contributed by atoms with Gasteiger partial charge in [-0.3, -0.25) is 9.59 Å². The summed E-state index contributed by atoms with van der Waals surface area (Å²) in [5, 5.41) is 5.54. The standard InChI is InChI=1S/C29H26N2O2S/c1-20-14-16-23(17-15-20)28(32)30-25-12-7-13-26(19-25)34-27(22-9-4-3-5-10-22)29(33)31-24-11-6-8-21(2)18-24/h3-19,27H,1-2H3,(H,30,32)(H,31,33). The molecule has 4 nitrogen and oxygen atoms in total. The smallest absolute Gasteiger partial charge is 0.255 e. The molecule has 0 spiro atoms. The van der Waals surface area contributed by atoms with E-state index in [0.717, 1.165) is 27.3 Å². The van der Waals surface area contributed by atoms with E-state index in [4.69, 9.17) is 0 Å². The van der Waals surface area contributed by atoms with Crippen LogP contribution in [0.3, 0.4) is 0 Å². The highest BCUT2D eigenvalue weighted by molar-refractivity contribution is 8.00. The first-order chi connectivity index (χ1) is 16.5. The Bertz CT molecular complexity index is 1290. The number of nitrogens with one attached hydrogen (secondary N) is 2. The molecule has 2 amide bonds. The first-order valence-electron chi connectivity index (χ1n) is 11.1. The molecule has 2 N–H and O–H groups in total. The summed E-state index contributed by atoms with van der Waals surface area (Å²) in [7, 11) is 0. The van der Waals surface area contributed by atoms with Crippen molar-refractivity contribution in [2.24, 2.45) is 0 Å². The van der Waals surface area contributed by atoms with Gasteiger partial charge in [-0.15, -0.1) is 11.8 Å². The predicted octanol–water partition coefficient (Wildman–Crippen LogP) is 7.03. The topological polar surface area (TPSA) is 58.2 Å². The van der Waals surface area contributed by atoms with E-state index in [-0.39, 0.29) is 11.8 Å². The van der Waals surface area contributed by atoms with Gasteiger partial charge in [0.2, 0.25) is 5.91 Å². The van der Waals surface area contributed by atoms with Crippen molar-refractivity contribution in [1.29, 1.82) is 0 Å². The van der Waals surface area contributed by atoms with E-state index < -0.39 is 5.25 Å². The van der Waals surface area contributed by atoms with Crippen LogP contribution in [0, 0.1) is 13.8 Å². The molecule has 4 aromatic rings. The fourth-order valence-corrected chi connectivity index (χ4v) is 4.61. The van der Waals surface area contributed by atoms with E-state index in [1.165, 1.54) is 11.8 Å². The third-order valence-electron chi connectivity index (χ3n) is 5.29. The number of carbonyl (C=O) groups excluding carboxylic acids is 2. The Hall–Kier alpha value is -3.83. The largest absolute Gasteiger partial charge is 0.325 e. The molecule has 0 saturated heterocycles. The van der Waals surface area contributed by atoms with Crippen molar-refractivity contribution in [3.05, 3.63) is 125 Å². The monoisotopic (exact) mass is 466 g/mol. The summed E-state index contributed by atoms with van der Waals surface area (Å²) in [6.45, 7) is 3.98. The van der Waals surface area contributed by atoms with E-state index in [1.807, 2.05) is 117 Å². The summed E-state index contributed by atoms with van der Waals surface area (Å²) in [6.07, 6.45) is 0. The van der Waals surface area contributed by atoms with Gasteiger partial charge in [-0.1, -0.05) is 66.2 Å². The van der Waals surface area contributed by atoms with Gasteiger partial charge in [-0.25, -0.2) is 0 Å². The third kappa shape index (κ3) is 6.15. The van der Waals surface area contributed by atoms with Crippen molar-refractivity contribution < 1.29 is 9.59 Å². The van der Waals surface area contributed by atoms with Crippen LogP contribution in [0.15, 0.2) is 108 Å². The number of anilines is 2. The molecule has 1 atom stereocenters. The van der Waals surface area contributed by atoms with Crippen LogP contribution in [0.4, 0.5) is 11.4 Å². The van der Waals surface area contributed by atoms with Crippen LogP contribution < -0.4 is 10.6 Å². The van der Waals surface area contributed by atoms with Crippen molar-refractivity contribution in [2.75, 3.05) is 10.6 Å². The van der Waals surface area contributed by atoms with Crippen LogP contribution >= 0.6 is 11.8 Å². The van der Waals surface area contributed by atoms with Crippen LogP contribution in [0.2, 0.25) is 0 Å². The van der Waals surface area contributed by atoms with Gasteiger partial charge in [0, 0.05) is 21.8 Å². The molecule has 0 aliphatic carbocycles. The molecule has 0 aromatic heterocycles. The molecular formula is C29H26N2O2S. The zero-order valence-electron chi connectivity index (χ0n) is 19.1. The SMILES string of the molecule is Cc1ccc(C(=O)Nc2cccc(SC(C(=O)Nc3cccc(C)c3)c3ccccc3)c2)cc1. The second kappa shape index (κ2) is 10.9. The predicted molar refractivity (Wildman–Crippen MR) is 140 cm³/mol. The highest BCUT2D eigenvalue weighted by atomic mass is 32.2. The third-order valence-corrected chi connectivity index (χ3v) is 6.53. The highest BCUT2D eigenvalue weighted by Crippen LogP contribution is 2.37. The minimum atomic E-state index is -0.454. The van der Waals surface area contributed by atoms with Crippen molar-refractivity contribution in [2.45, 2.75) is 24.0 Å². The Labute approximate surface area is 204 Å². The first-order valence-corrected chi connectivity index (χ1v) is 11.9. The molecule has 0 heterocycles. The lowest BCUT2D eigenvalue weighted by Crippen LogP contribution is -2.19. The molecule has 1 unspecified atom stereocenters. The van der Waals surface area contributed by atoms with Crippen molar-refractivity contribution in [3.8, 4) is 0 Å². The minimum absolute atomic E-state index is 0.101. The zero-order chi connectivity index (χ0) is 23.9. The molecule has 4 aromatic carbocycles. The van der Waals surface area contributed by atoms with E-state index in [1.54, 1.807) is 0 Å². The number of hydrogen-bond donors (Lipinski definition) is 2. The number of amides is 2. The Morgan fingerprint density at radius 1 is 0.676 bits per heavy atom. The Balaban J connectivity index is 1.53. The second-order valence-electron chi connectivity index (χ2n) is 8.12. The van der Waals surface area contributed by atoms with Crippen molar-refractivity contribution >= 4 is 35.0 Å². The van der Waals surface area contributed by atoms with Crippen LogP contribution in [0.5, 0.6) is 0 Å². The number of benzene rings is 4. The van der Waals surface area contributed by atoms with E-state index in [2.05, 4.69) is 10.6 Å². The molecule has 0 fully saturated rings. The van der Waals surface area contributed by atoms with Crippen LogP contribution in [0.25, 0.3) is 0 Å². The Morgan fingerprint density at radius 3 is 2.06 bits per heavy atom. The summed E-state index contributed by atoms with van der Waals surface area (Å²) in [5.74, 6) is -0.269. The fourth-order valence-electron chi connectivity index (χ4n) is 3.52. The lowest BCUT2D eigenvalue weighted by molar-refractivity contribution is -0.115. The molecule has 0 aliphatic heterocycles. The van der Waals surface area contributed by atoms with Crippen LogP contribution in [0.1, 0.15) is 32.3 Å². The lowest BCUT2D eigenvalue weighted by atomic mass is 10.1. The van der Waals surface area contributed by atoms with Gasteiger partial charge in [0.05, 0.1) is 0 Å². The number of thioether (sulfide) groups is 1. The van der Waals surface area contributed by atoms with Gasteiger partial charge >= 0.3 is 0 Å². The molecular weight excluding hydrogens is 440 g/mol. The Kier molecular flexibility index (Phi) is 7.45. The highest BCUT2D eigenvalue weighted by Gasteiger charge is 2.22. The van der Waals surface area contributed by atoms with E-state index in [9.17, 15) is 9.59 Å². The molecule has 0 radical (unpaired) electrons. The molecule has 4 rings (SSSR count). The molecule has 34 heavy (non-hydrogen) atoms. The van der Waals surface area contributed by atoms with Gasteiger partial charge < -0.3 is 10.6 Å². The molecule has 0 aliphatic rings. The zero-order valence-corrected chi connectivity index (χ0v) is 19.9. The van der Waals surface area contributed by atoms with E-state index >= 15 is 0 Å². The summed E-state index contributed by atoms with van der Waals surface area (Å²) in [5.41, 5.74) is 5.15. The van der Waals surface area contributed by atoms with Crippen LogP contribution in [-0.4, -0.2) is 11.8 Å². The maximum Gasteiger partial charge on any atom is 0.255 e. The maximum absolute atomic E-state index is 13.3. The number of aryl methyl sites for hydroxylation is 2. The van der Waals surface area contributed by atoms with Crippen molar-refractivity contribution in [1.82, 2.24) is 0 Å². The summed E-state index contributed by atoms with van der Waals surface area (Å²) < 4.78 is 0. The number of hydrogen-bond acceptors (Lipinski definition) is 3. The van der Waals surface area contributed by atoms with Crippen molar-refractivity contribution in [3.63, 3.8) is 0 Å². The number of carbonyl (C=O) groups is 2.